The van der Waals surface area contributed by atoms with E-state index < -0.39 is 0 Å². The number of carbonyl (C=O) groups is 1. The zero-order valence-electron chi connectivity index (χ0n) is 14.6. The number of rotatable bonds is 3. The molecule has 2 heterocycles. The second kappa shape index (κ2) is 7.95. The Morgan fingerprint density at radius 3 is 2.35 bits per heavy atom. The number of hydrogen-bond acceptors (Lipinski definition) is 4. The van der Waals surface area contributed by atoms with Gasteiger partial charge in [0.05, 0.1) is 24.9 Å². The van der Waals surface area contributed by atoms with E-state index in [2.05, 4.69) is 12.2 Å². The molecule has 0 spiro atoms. The first-order chi connectivity index (χ1) is 11.1. The monoisotopic (exact) mass is 324 g/mol. The number of likely N-dealkylation sites (tertiary alicyclic amines) is 1. The zero-order valence-corrected chi connectivity index (χ0v) is 14.6. The van der Waals surface area contributed by atoms with Crippen molar-refractivity contribution in [2.45, 2.75) is 76.7 Å². The van der Waals surface area contributed by atoms with Gasteiger partial charge in [0, 0.05) is 19.6 Å². The average Bonchev–Trinajstić information content (AvgIpc) is 2.57. The van der Waals surface area contributed by atoms with Crippen LogP contribution in [0.4, 0.5) is 0 Å². The molecule has 0 unspecified atom stereocenters. The predicted molar refractivity (Wildman–Crippen MR) is 89.3 cm³/mol. The molecule has 2 atom stereocenters. The molecule has 2 saturated heterocycles. The maximum atomic E-state index is 12.6. The lowest BCUT2D eigenvalue weighted by molar-refractivity contribution is -0.143. The van der Waals surface area contributed by atoms with Crippen LogP contribution >= 0.6 is 0 Å². The van der Waals surface area contributed by atoms with Gasteiger partial charge >= 0.3 is 0 Å². The summed E-state index contributed by atoms with van der Waals surface area (Å²) < 4.78 is 11.9. The van der Waals surface area contributed by atoms with E-state index in [1.165, 1.54) is 25.7 Å². The van der Waals surface area contributed by atoms with Crippen molar-refractivity contribution in [3.05, 3.63) is 0 Å². The summed E-state index contributed by atoms with van der Waals surface area (Å²) in [6.45, 7) is 7.41. The van der Waals surface area contributed by atoms with Crippen molar-refractivity contribution in [2.24, 2.45) is 5.92 Å². The highest BCUT2D eigenvalue weighted by Gasteiger charge is 2.34. The quantitative estimate of drug-likeness (QED) is 0.862. The van der Waals surface area contributed by atoms with Crippen molar-refractivity contribution < 1.29 is 14.3 Å². The molecule has 23 heavy (non-hydrogen) atoms. The van der Waals surface area contributed by atoms with Gasteiger partial charge in [-0.05, 0) is 51.4 Å². The van der Waals surface area contributed by atoms with Crippen LogP contribution < -0.4 is 5.32 Å². The topological polar surface area (TPSA) is 50.8 Å². The minimum atomic E-state index is -0.180. The van der Waals surface area contributed by atoms with Gasteiger partial charge in [-0.1, -0.05) is 6.92 Å². The van der Waals surface area contributed by atoms with Crippen molar-refractivity contribution in [1.82, 2.24) is 10.2 Å². The minimum absolute atomic E-state index is 0.0329. The smallest absolute Gasteiger partial charge is 0.242 e. The van der Waals surface area contributed by atoms with Crippen LogP contribution in [-0.2, 0) is 14.3 Å². The van der Waals surface area contributed by atoms with Gasteiger partial charge in [0.2, 0.25) is 5.91 Å². The van der Waals surface area contributed by atoms with Gasteiger partial charge in [-0.15, -0.1) is 0 Å². The Bertz CT molecular complexity index is 388. The van der Waals surface area contributed by atoms with Crippen LogP contribution in [0.25, 0.3) is 0 Å². The standard InChI is InChI=1S/C18H32N2O3/c1-13-3-5-15(6-4-13)23-16-7-10-20(11-8-16)18(21)17-14(2)22-12-9-19-17/h13-17,19H,3-12H2,1-2H3/t13?,14-,15?,17+/m1/s1. The summed E-state index contributed by atoms with van der Waals surface area (Å²) in [5.74, 6) is 1.06. The number of amides is 1. The molecule has 0 aromatic heterocycles. The van der Waals surface area contributed by atoms with E-state index >= 15 is 0 Å². The van der Waals surface area contributed by atoms with Gasteiger partial charge in [-0.25, -0.2) is 0 Å². The Morgan fingerprint density at radius 2 is 1.70 bits per heavy atom. The van der Waals surface area contributed by atoms with Gasteiger partial charge in [-0.3, -0.25) is 4.79 Å². The molecule has 132 valence electrons. The van der Waals surface area contributed by atoms with Crippen LogP contribution in [0, 0.1) is 5.92 Å². The molecule has 1 saturated carbocycles. The summed E-state index contributed by atoms with van der Waals surface area (Å²) >= 11 is 0. The summed E-state index contributed by atoms with van der Waals surface area (Å²) in [6, 6.07) is -0.180. The first-order valence-electron chi connectivity index (χ1n) is 9.42. The third-order valence-corrected chi connectivity index (χ3v) is 5.68. The molecule has 0 bridgehead atoms. The number of hydrogen-bond donors (Lipinski definition) is 1. The molecular formula is C18H32N2O3. The van der Waals surface area contributed by atoms with Crippen LogP contribution in [0.15, 0.2) is 0 Å². The number of piperidine rings is 1. The normalized spacial score (nSPS) is 36.9. The van der Waals surface area contributed by atoms with E-state index in [0.717, 1.165) is 38.4 Å². The number of ether oxygens (including phenoxy) is 2. The fourth-order valence-electron chi connectivity index (χ4n) is 4.06. The highest BCUT2D eigenvalue weighted by Crippen LogP contribution is 2.28. The molecule has 0 radical (unpaired) electrons. The Morgan fingerprint density at radius 1 is 1.04 bits per heavy atom. The third kappa shape index (κ3) is 4.46. The first-order valence-corrected chi connectivity index (χ1v) is 9.42. The van der Waals surface area contributed by atoms with Crippen molar-refractivity contribution in [3.8, 4) is 0 Å². The first kappa shape index (κ1) is 17.2. The Hall–Kier alpha value is -0.650. The van der Waals surface area contributed by atoms with Gasteiger partial charge in [0.25, 0.3) is 0 Å². The summed E-state index contributed by atoms with van der Waals surface area (Å²) in [6.07, 6.45) is 7.72. The van der Waals surface area contributed by atoms with Crippen molar-refractivity contribution in [1.29, 1.82) is 0 Å². The van der Waals surface area contributed by atoms with Gasteiger partial charge in [-0.2, -0.15) is 0 Å². The lowest BCUT2D eigenvalue weighted by Gasteiger charge is -2.38. The summed E-state index contributed by atoms with van der Waals surface area (Å²) in [7, 11) is 0. The number of carbonyl (C=O) groups excluding carboxylic acids is 1. The molecule has 0 aromatic rings. The second-order valence-electron chi connectivity index (χ2n) is 7.55. The minimum Gasteiger partial charge on any atom is -0.375 e. The highest BCUT2D eigenvalue weighted by atomic mass is 16.5. The van der Waals surface area contributed by atoms with Crippen LogP contribution in [0.3, 0.4) is 0 Å². The van der Waals surface area contributed by atoms with E-state index in [1.807, 2.05) is 11.8 Å². The largest absolute Gasteiger partial charge is 0.375 e. The van der Waals surface area contributed by atoms with Crippen molar-refractivity contribution >= 4 is 5.91 Å². The average molecular weight is 324 g/mol. The molecule has 3 fully saturated rings. The highest BCUT2D eigenvalue weighted by molar-refractivity contribution is 5.82. The molecule has 5 heteroatoms. The molecule has 0 aromatic carbocycles. The third-order valence-electron chi connectivity index (χ3n) is 5.68. The number of morpholine rings is 1. The molecular weight excluding hydrogens is 292 g/mol. The van der Waals surface area contributed by atoms with Crippen molar-refractivity contribution in [3.63, 3.8) is 0 Å². The molecule has 3 rings (SSSR count). The zero-order chi connectivity index (χ0) is 16.2. The lowest BCUT2D eigenvalue weighted by atomic mass is 9.88. The molecule has 3 aliphatic rings. The maximum absolute atomic E-state index is 12.6. The fourth-order valence-corrected chi connectivity index (χ4v) is 4.06. The van der Waals surface area contributed by atoms with Crippen molar-refractivity contribution in [2.75, 3.05) is 26.2 Å². The molecule has 2 aliphatic heterocycles. The Kier molecular flexibility index (Phi) is 5.94. The van der Waals surface area contributed by atoms with Gasteiger partial charge < -0.3 is 19.7 Å². The Labute approximate surface area is 140 Å². The lowest BCUT2D eigenvalue weighted by Crippen LogP contribution is -2.57. The van der Waals surface area contributed by atoms with Crippen LogP contribution in [-0.4, -0.2) is 61.4 Å². The SMILES string of the molecule is CC1CCC(OC2CCN(C(=O)[C@H]3NCCO[C@@H]3C)CC2)CC1. The molecule has 1 N–H and O–H groups in total. The maximum Gasteiger partial charge on any atom is 0.242 e. The second-order valence-corrected chi connectivity index (χ2v) is 7.55. The summed E-state index contributed by atoms with van der Waals surface area (Å²) in [5, 5.41) is 3.30. The summed E-state index contributed by atoms with van der Waals surface area (Å²) in [5.41, 5.74) is 0. The Balaban J connectivity index is 1.42. The fraction of sp³-hybridized carbons (Fsp3) is 0.944. The van der Waals surface area contributed by atoms with E-state index in [-0.39, 0.29) is 18.1 Å². The van der Waals surface area contributed by atoms with E-state index in [9.17, 15) is 4.79 Å². The molecule has 1 amide bonds. The van der Waals surface area contributed by atoms with Gasteiger partial charge in [0.1, 0.15) is 6.04 Å². The summed E-state index contributed by atoms with van der Waals surface area (Å²) in [4.78, 5) is 14.6. The van der Waals surface area contributed by atoms with E-state index in [1.54, 1.807) is 0 Å². The molecule has 5 nitrogen and oxygen atoms in total. The predicted octanol–water partition coefficient (Wildman–Crippen LogP) is 1.95. The van der Waals surface area contributed by atoms with Crippen LogP contribution in [0.2, 0.25) is 0 Å². The molecule has 1 aliphatic carbocycles. The van der Waals surface area contributed by atoms with Gasteiger partial charge in [0.15, 0.2) is 0 Å². The number of nitrogens with zero attached hydrogens (tertiary/aromatic N) is 1. The van der Waals surface area contributed by atoms with Crippen LogP contribution in [0.1, 0.15) is 52.4 Å². The van der Waals surface area contributed by atoms with E-state index in [0.29, 0.717) is 18.8 Å². The number of nitrogens with one attached hydrogen (secondary N) is 1. The van der Waals surface area contributed by atoms with E-state index in [4.69, 9.17) is 9.47 Å². The van der Waals surface area contributed by atoms with Crippen LogP contribution in [0.5, 0.6) is 0 Å².